The number of piperidine rings is 1. The summed E-state index contributed by atoms with van der Waals surface area (Å²) in [6.07, 6.45) is 6.48. The summed E-state index contributed by atoms with van der Waals surface area (Å²) in [6.45, 7) is 4.90. The van der Waals surface area contributed by atoms with Crippen molar-refractivity contribution in [1.82, 2.24) is 14.6 Å². The minimum atomic E-state index is -0.397. The Labute approximate surface area is 187 Å². The van der Waals surface area contributed by atoms with Crippen LogP contribution in [0.5, 0.6) is 0 Å². The Morgan fingerprint density at radius 1 is 0.935 bits per heavy atom. The molecule has 0 spiro atoms. The molecule has 0 bridgehead atoms. The van der Waals surface area contributed by atoms with Gasteiger partial charge in [0.1, 0.15) is 0 Å². The van der Waals surface area contributed by atoms with Crippen LogP contribution in [0.25, 0.3) is 11.1 Å². The van der Waals surface area contributed by atoms with Crippen molar-refractivity contribution in [1.29, 1.82) is 0 Å². The van der Waals surface area contributed by atoms with Gasteiger partial charge in [-0.05, 0) is 73.1 Å². The molecule has 6 nitrogen and oxygen atoms in total. The van der Waals surface area contributed by atoms with E-state index in [-0.39, 0.29) is 0 Å². The molecule has 0 unspecified atom stereocenters. The van der Waals surface area contributed by atoms with Gasteiger partial charge in [-0.25, -0.2) is 9.73 Å². The number of carbonyl (C=O) groups excluding carboxylic acids is 1. The quantitative estimate of drug-likeness (QED) is 0.385. The van der Waals surface area contributed by atoms with Crippen LogP contribution in [0.2, 0.25) is 0 Å². The zero-order chi connectivity index (χ0) is 21.5. The molecule has 0 radical (unpaired) electrons. The number of likely N-dealkylation sites (tertiary alicyclic amines) is 1. The summed E-state index contributed by atoms with van der Waals surface area (Å²) in [5, 5.41) is 2.45. The molecule has 2 aliphatic rings. The first-order valence-corrected chi connectivity index (χ1v) is 11.6. The lowest BCUT2D eigenvalue weighted by atomic mass is 10.0. The van der Waals surface area contributed by atoms with Crippen LogP contribution in [-0.2, 0) is 11.3 Å². The molecule has 2 aromatic carbocycles. The number of carbonyl (C=O) groups is 1. The van der Waals surface area contributed by atoms with E-state index >= 15 is 0 Å². The van der Waals surface area contributed by atoms with E-state index in [1.807, 2.05) is 11.5 Å². The Hall–Kier alpha value is -2.48. The van der Waals surface area contributed by atoms with Gasteiger partial charge in [0.25, 0.3) is 5.91 Å². The standard InChI is InChI=1S/C24H28N4O2S/c29-24(25-26-30)22-12-16-28(17-13-22)31-23-10-8-21(9-11-23)20-6-4-19(5-7-20)18-27-14-2-1-3-15-27/h4-12H,1-3,13-18H2,(H,25,29,30). The molecular weight excluding hydrogens is 408 g/mol. The third kappa shape index (κ3) is 6.03. The average molecular weight is 437 g/mol. The van der Waals surface area contributed by atoms with Crippen molar-refractivity contribution in [3.63, 3.8) is 0 Å². The van der Waals surface area contributed by atoms with Gasteiger partial charge in [-0.2, -0.15) is 0 Å². The minimum absolute atomic E-state index is 0.397. The zero-order valence-electron chi connectivity index (χ0n) is 17.6. The molecular formula is C24H28N4O2S. The van der Waals surface area contributed by atoms with Crippen molar-refractivity contribution in [2.75, 3.05) is 26.2 Å². The van der Waals surface area contributed by atoms with Gasteiger partial charge in [-0.1, -0.05) is 48.9 Å². The van der Waals surface area contributed by atoms with Gasteiger partial charge in [0.2, 0.25) is 0 Å². The first-order chi connectivity index (χ1) is 15.2. The second kappa shape index (κ2) is 10.7. The smallest absolute Gasteiger partial charge is 0.269 e. The summed E-state index contributed by atoms with van der Waals surface area (Å²) in [4.78, 5) is 25.5. The van der Waals surface area contributed by atoms with Crippen LogP contribution in [0, 0.1) is 4.91 Å². The Morgan fingerprint density at radius 2 is 1.61 bits per heavy atom. The molecule has 0 atom stereocenters. The van der Waals surface area contributed by atoms with E-state index in [4.69, 9.17) is 0 Å². The maximum absolute atomic E-state index is 11.7. The topological polar surface area (TPSA) is 65.0 Å². The molecule has 2 aliphatic heterocycles. The van der Waals surface area contributed by atoms with E-state index in [0.29, 0.717) is 18.5 Å². The van der Waals surface area contributed by atoms with E-state index in [0.717, 1.165) is 13.1 Å². The Morgan fingerprint density at radius 3 is 2.23 bits per heavy atom. The fraction of sp³-hybridized carbons (Fsp3) is 0.375. The van der Waals surface area contributed by atoms with Crippen LogP contribution in [-0.4, -0.2) is 41.3 Å². The van der Waals surface area contributed by atoms with Crippen LogP contribution in [0.15, 0.2) is 70.4 Å². The molecule has 4 rings (SSSR count). The molecule has 2 aromatic rings. The van der Waals surface area contributed by atoms with Crippen molar-refractivity contribution >= 4 is 17.9 Å². The van der Waals surface area contributed by atoms with E-state index in [9.17, 15) is 9.70 Å². The van der Waals surface area contributed by atoms with Gasteiger partial charge in [0.15, 0.2) is 0 Å². The molecule has 1 fully saturated rings. The number of nitrogens with zero attached hydrogens (tertiary/aromatic N) is 3. The highest BCUT2D eigenvalue weighted by Crippen LogP contribution is 2.29. The number of rotatable bonds is 7. The fourth-order valence-corrected chi connectivity index (χ4v) is 4.98. The van der Waals surface area contributed by atoms with Crippen molar-refractivity contribution < 1.29 is 4.79 Å². The van der Waals surface area contributed by atoms with E-state index < -0.39 is 5.91 Å². The van der Waals surface area contributed by atoms with Gasteiger partial charge in [0.05, 0.1) is 5.29 Å². The number of nitroso groups, excluding NO2 is 1. The van der Waals surface area contributed by atoms with Crippen molar-refractivity contribution in [2.45, 2.75) is 37.1 Å². The van der Waals surface area contributed by atoms with Gasteiger partial charge in [-0.3, -0.25) is 9.69 Å². The fourth-order valence-electron chi connectivity index (χ4n) is 4.09. The van der Waals surface area contributed by atoms with Crippen molar-refractivity contribution in [3.8, 4) is 11.1 Å². The minimum Gasteiger partial charge on any atom is -0.299 e. The lowest BCUT2D eigenvalue weighted by molar-refractivity contribution is -0.117. The van der Waals surface area contributed by atoms with Crippen molar-refractivity contribution in [2.24, 2.45) is 5.29 Å². The third-order valence-corrected chi connectivity index (χ3v) is 6.91. The zero-order valence-corrected chi connectivity index (χ0v) is 18.4. The number of benzene rings is 2. The molecule has 162 valence electrons. The Bertz CT molecular complexity index is 922. The van der Waals surface area contributed by atoms with Crippen LogP contribution >= 0.6 is 11.9 Å². The molecule has 0 saturated carbocycles. The summed E-state index contributed by atoms with van der Waals surface area (Å²) in [7, 11) is 0. The predicted molar refractivity (Wildman–Crippen MR) is 125 cm³/mol. The SMILES string of the molecule is O=NNC(=O)C1=CCN(Sc2ccc(-c3ccc(CN4CCCCC4)cc3)cc2)CC1. The molecule has 31 heavy (non-hydrogen) atoms. The summed E-state index contributed by atoms with van der Waals surface area (Å²) >= 11 is 1.68. The van der Waals surface area contributed by atoms with Crippen molar-refractivity contribution in [3.05, 3.63) is 70.7 Å². The number of hydrogen-bond donors (Lipinski definition) is 1. The summed E-state index contributed by atoms with van der Waals surface area (Å²) in [5.41, 5.74) is 6.41. The Kier molecular flexibility index (Phi) is 7.51. The molecule has 1 saturated heterocycles. The van der Waals surface area contributed by atoms with Crippen LogP contribution in [0.3, 0.4) is 0 Å². The van der Waals surface area contributed by atoms with Gasteiger partial charge < -0.3 is 0 Å². The van der Waals surface area contributed by atoms with Gasteiger partial charge in [0, 0.05) is 30.1 Å². The highest BCUT2D eigenvalue weighted by atomic mass is 32.2. The Balaban J connectivity index is 1.31. The van der Waals surface area contributed by atoms with Gasteiger partial charge >= 0.3 is 0 Å². The number of nitrogens with one attached hydrogen (secondary N) is 1. The largest absolute Gasteiger partial charge is 0.299 e. The first kappa shape index (κ1) is 21.7. The maximum atomic E-state index is 11.7. The summed E-state index contributed by atoms with van der Waals surface area (Å²) < 4.78 is 2.20. The second-order valence-corrected chi connectivity index (χ2v) is 9.22. The molecule has 1 N–H and O–H groups in total. The summed E-state index contributed by atoms with van der Waals surface area (Å²) in [5.74, 6) is -0.397. The molecule has 2 heterocycles. The van der Waals surface area contributed by atoms with Crippen LogP contribution in [0.1, 0.15) is 31.2 Å². The summed E-state index contributed by atoms with van der Waals surface area (Å²) in [6, 6.07) is 17.6. The second-order valence-electron chi connectivity index (χ2n) is 8.05. The maximum Gasteiger partial charge on any atom is 0.269 e. The molecule has 1 amide bonds. The van der Waals surface area contributed by atoms with E-state index in [1.165, 1.54) is 53.9 Å². The molecule has 0 aliphatic carbocycles. The van der Waals surface area contributed by atoms with E-state index in [1.54, 1.807) is 11.9 Å². The highest BCUT2D eigenvalue weighted by Gasteiger charge is 2.18. The molecule has 7 heteroatoms. The first-order valence-electron chi connectivity index (χ1n) is 10.9. The number of hydrogen-bond acceptors (Lipinski definition) is 6. The lowest BCUT2D eigenvalue weighted by Gasteiger charge is -2.26. The van der Waals surface area contributed by atoms with E-state index in [2.05, 4.69) is 63.0 Å². The monoisotopic (exact) mass is 436 g/mol. The predicted octanol–water partition coefficient (Wildman–Crippen LogP) is 4.78. The normalized spacial score (nSPS) is 17.7. The average Bonchev–Trinajstić information content (AvgIpc) is 2.81. The lowest BCUT2D eigenvalue weighted by Crippen LogP contribution is -2.28. The highest BCUT2D eigenvalue weighted by molar-refractivity contribution is 7.97. The van der Waals surface area contributed by atoms with Crippen LogP contribution < -0.4 is 5.43 Å². The third-order valence-electron chi connectivity index (χ3n) is 5.84. The van der Waals surface area contributed by atoms with Crippen LogP contribution in [0.4, 0.5) is 0 Å². The number of amides is 1. The molecule has 0 aromatic heterocycles. The van der Waals surface area contributed by atoms with Gasteiger partial charge in [-0.15, -0.1) is 4.91 Å².